The van der Waals surface area contributed by atoms with E-state index in [9.17, 15) is 29.3 Å². The molecular formula is C17H34O10P2. The monoisotopic (exact) mass is 460 g/mol. The van der Waals surface area contributed by atoms with E-state index >= 15 is 0 Å². The highest BCUT2D eigenvalue weighted by Crippen LogP contribution is 2.65. The van der Waals surface area contributed by atoms with Gasteiger partial charge in [0, 0.05) is 0 Å². The molecule has 0 aromatic rings. The van der Waals surface area contributed by atoms with Crippen LogP contribution in [0.25, 0.3) is 0 Å². The number of aliphatic hydroxyl groups is 3. The molecule has 2 rings (SSSR count). The molecule has 12 heteroatoms. The van der Waals surface area contributed by atoms with Gasteiger partial charge in [0.15, 0.2) is 0 Å². The number of aliphatic hydroxyl groups excluding tert-OH is 3. The summed E-state index contributed by atoms with van der Waals surface area (Å²) in [4.78, 5) is 10.1. The Kier molecular flexibility index (Phi) is 10.2. The number of rotatable bonds is 12. The zero-order valence-electron chi connectivity index (χ0n) is 16.7. The Morgan fingerprint density at radius 2 is 1.17 bits per heavy atom. The van der Waals surface area contributed by atoms with Crippen LogP contribution in [0.2, 0.25) is 0 Å². The van der Waals surface area contributed by atoms with E-state index in [0.29, 0.717) is 25.7 Å². The molecule has 0 bridgehead atoms. The van der Waals surface area contributed by atoms with Crippen LogP contribution >= 0.6 is 15.6 Å². The predicted octanol–water partition coefficient (Wildman–Crippen LogP) is 2.89. The largest absolute Gasteiger partial charge is 0.484 e. The van der Waals surface area contributed by atoms with Crippen molar-refractivity contribution < 1.29 is 47.2 Å². The standard InChI is InChI=1S/C17H34O10P2/c18-11-17(12-19,13-20)14-24-28(21,22)27-29(23,25-15-7-3-1-4-8-15)26-16-9-5-2-6-10-16/h15-16,18-20H,1-14H2,(H,21,22). The van der Waals surface area contributed by atoms with Gasteiger partial charge >= 0.3 is 15.6 Å². The van der Waals surface area contributed by atoms with Gasteiger partial charge in [-0.2, -0.15) is 4.31 Å². The molecule has 1 atom stereocenters. The lowest BCUT2D eigenvalue weighted by atomic mass is 9.93. The minimum atomic E-state index is -4.93. The first-order chi connectivity index (χ1) is 13.8. The second-order valence-electron chi connectivity index (χ2n) is 7.98. The quantitative estimate of drug-likeness (QED) is 0.320. The first-order valence-corrected chi connectivity index (χ1v) is 13.2. The number of phosphoric ester groups is 2. The van der Waals surface area contributed by atoms with Crippen molar-refractivity contribution in [2.75, 3.05) is 26.4 Å². The maximum absolute atomic E-state index is 13.3. The zero-order valence-corrected chi connectivity index (χ0v) is 18.5. The summed E-state index contributed by atoms with van der Waals surface area (Å²) in [6.07, 6.45) is 7.49. The van der Waals surface area contributed by atoms with Crippen LogP contribution in [0.3, 0.4) is 0 Å². The Bertz CT molecular complexity index is 538. The van der Waals surface area contributed by atoms with E-state index in [1.807, 2.05) is 0 Å². The summed E-state index contributed by atoms with van der Waals surface area (Å²) < 4.78 is 46.6. The van der Waals surface area contributed by atoms with E-state index in [1.165, 1.54) is 0 Å². The van der Waals surface area contributed by atoms with Crippen LogP contribution in [0.15, 0.2) is 0 Å². The summed E-state index contributed by atoms with van der Waals surface area (Å²) in [5, 5.41) is 28.0. The van der Waals surface area contributed by atoms with Crippen molar-refractivity contribution in [2.24, 2.45) is 5.41 Å². The Hall–Kier alpha value is 0.140. The molecule has 1 unspecified atom stereocenters. The fraction of sp³-hybridized carbons (Fsp3) is 1.00. The lowest BCUT2D eigenvalue weighted by Gasteiger charge is -2.31. The normalized spacial score (nSPS) is 22.5. The minimum absolute atomic E-state index is 0.399. The Morgan fingerprint density at radius 3 is 1.55 bits per heavy atom. The van der Waals surface area contributed by atoms with Gasteiger partial charge in [-0.15, -0.1) is 0 Å². The van der Waals surface area contributed by atoms with E-state index in [2.05, 4.69) is 0 Å². The average Bonchev–Trinajstić information content (AvgIpc) is 2.70. The molecule has 2 fully saturated rings. The van der Waals surface area contributed by atoms with E-state index in [1.54, 1.807) is 0 Å². The van der Waals surface area contributed by atoms with Crippen molar-refractivity contribution in [1.82, 2.24) is 0 Å². The van der Waals surface area contributed by atoms with Crippen LogP contribution < -0.4 is 0 Å². The average molecular weight is 460 g/mol. The second-order valence-corrected chi connectivity index (χ2v) is 11.1. The summed E-state index contributed by atoms with van der Waals surface area (Å²) >= 11 is 0. The van der Waals surface area contributed by atoms with Crippen molar-refractivity contribution in [2.45, 2.75) is 76.4 Å². The van der Waals surface area contributed by atoms with Crippen molar-refractivity contribution in [3.63, 3.8) is 0 Å². The van der Waals surface area contributed by atoms with Crippen molar-refractivity contribution in [1.29, 1.82) is 0 Å². The summed E-state index contributed by atoms with van der Waals surface area (Å²) in [7, 11) is -9.34. The van der Waals surface area contributed by atoms with Crippen LogP contribution in [0, 0.1) is 5.41 Å². The third-order valence-electron chi connectivity index (χ3n) is 5.40. The van der Waals surface area contributed by atoms with Crippen LogP contribution in [0.5, 0.6) is 0 Å². The third-order valence-corrected chi connectivity index (χ3v) is 8.60. The summed E-state index contributed by atoms with van der Waals surface area (Å²) in [5.74, 6) is 0. The van der Waals surface area contributed by atoms with Crippen LogP contribution in [0.1, 0.15) is 64.2 Å². The topological polar surface area (TPSA) is 152 Å². The lowest BCUT2D eigenvalue weighted by molar-refractivity contribution is -0.0329. The molecule has 0 amide bonds. The maximum atomic E-state index is 13.3. The van der Waals surface area contributed by atoms with Gasteiger partial charge in [-0.1, -0.05) is 38.5 Å². The minimum Gasteiger partial charge on any atom is -0.396 e. The van der Waals surface area contributed by atoms with Crippen LogP contribution in [-0.4, -0.2) is 58.8 Å². The molecule has 2 saturated carbocycles. The van der Waals surface area contributed by atoms with Gasteiger partial charge in [-0.05, 0) is 25.7 Å². The fourth-order valence-electron chi connectivity index (χ4n) is 3.42. The van der Waals surface area contributed by atoms with Gasteiger partial charge in [0.2, 0.25) is 0 Å². The van der Waals surface area contributed by atoms with E-state index in [-0.39, 0.29) is 0 Å². The SMILES string of the molecule is O=P(O)(OCC(CO)(CO)CO)OP(=O)(OC1CCCCC1)OC1CCCCC1. The lowest BCUT2D eigenvalue weighted by Crippen LogP contribution is -2.38. The molecule has 0 spiro atoms. The van der Waals surface area contributed by atoms with E-state index in [0.717, 1.165) is 38.5 Å². The van der Waals surface area contributed by atoms with Crippen molar-refractivity contribution in [3.05, 3.63) is 0 Å². The molecular weight excluding hydrogens is 426 g/mol. The van der Waals surface area contributed by atoms with Crippen molar-refractivity contribution in [3.8, 4) is 0 Å². The second kappa shape index (κ2) is 11.7. The molecule has 29 heavy (non-hydrogen) atoms. The highest BCUT2D eigenvalue weighted by atomic mass is 31.3. The van der Waals surface area contributed by atoms with Gasteiger partial charge in [0.05, 0.1) is 44.1 Å². The third kappa shape index (κ3) is 8.30. The summed E-state index contributed by atoms with van der Waals surface area (Å²) in [5.41, 5.74) is -1.54. The van der Waals surface area contributed by atoms with Crippen LogP contribution in [-0.2, 0) is 27.0 Å². The summed E-state index contributed by atoms with van der Waals surface area (Å²) in [6, 6.07) is 0. The molecule has 0 aliphatic heterocycles. The molecule has 10 nitrogen and oxygen atoms in total. The van der Waals surface area contributed by atoms with Gasteiger partial charge in [-0.3, -0.25) is 13.6 Å². The molecule has 4 N–H and O–H groups in total. The molecule has 0 heterocycles. The first-order valence-electron chi connectivity index (χ1n) is 10.2. The maximum Gasteiger partial charge on any atom is 0.484 e. The molecule has 0 aromatic heterocycles. The smallest absolute Gasteiger partial charge is 0.396 e. The van der Waals surface area contributed by atoms with Gasteiger partial charge in [0.1, 0.15) is 0 Å². The van der Waals surface area contributed by atoms with Gasteiger partial charge in [0.25, 0.3) is 0 Å². The Balaban J connectivity index is 2.07. The van der Waals surface area contributed by atoms with Crippen LogP contribution in [0.4, 0.5) is 0 Å². The molecule has 2 aliphatic rings. The highest BCUT2D eigenvalue weighted by molar-refractivity contribution is 7.61. The highest BCUT2D eigenvalue weighted by Gasteiger charge is 2.44. The summed E-state index contributed by atoms with van der Waals surface area (Å²) in [6.45, 7) is -2.74. The fourth-order valence-corrected chi connectivity index (χ4v) is 6.57. The zero-order chi connectivity index (χ0) is 21.4. The Morgan fingerprint density at radius 1 is 0.759 bits per heavy atom. The predicted molar refractivity (Wildman–Crippen MR) is 104 cm³/mol. The number of phosphoric acid groups is 2. The molecule has 172 valence electrons. The molecule has 2 aliphatic carbocycles. The number of hydrogen-bond acceptors (Lipinski definition) is 9. The van der Waals surface area contributed by atoms with Crippen molar-refractivity contribution >= 4 is 15.6 Å². The Labute approximate surface area is 171 Å². The molecule has 0 saturated heterocycles. The van der Waals surface area contributed by atoms with Gasteiger partial charge in [-0.25, -0.2) is 9.13 Å². The van der Waals surface area contributed by atoms with E-state index < -0.39 is 59.7 Å². The van der Waals surface area contributed by atoms with Gasteiger partial charge < -0.3 is 20.2 Å². The van der Waals surface area contributed by atoms with E-state index in [4.69, 9.17) is 17.9 Å². The number of hydrogen-bond donors (Lipinski definition) is 4. The molecule has 0 radical (unpaired) electrons. The first kappa shape index (κ1) is 25.4. The molecule has 0 aromatic carbocycles.